The number of hydrogen-bond donors (Lipinski definition) is 1. The molecule has 9 heteroatoms. The van der Waals surface area contributed by atoms with Crippen molar-refractivity contribution in [3.05, 3.63) is 64.1 Å². The van der Waals surface area contributed by atoms with Crippen LogP contribution in [0, 0.1) is 6.92 Å². The predicted octanol–water partition coefficient (Wildman–Crippen LogP) is 2.94. The van der Waals surface area contributed by atoms with Crippen molar-refractivity contribution in [1.29, 1.82) is 0 Å². The Morgan fingerprint density at radius 1 is 1.16 bits per heavy atom. The third kappa shape index (κ3) is 4.88. The zero-order valence-corrected chi connectivity index (χ0v) is 17.9. The summed E-state index contributed by atoms with van der Waals surface area (Å²) >= 11 is 1.44. The van der Waals surface area contributed by atoms with E-state index >= 15 is 0 Å². The number of fused-ring (bicyclic) bond motifs is 1. The van der Waals surface area contributed by atoms with Gasteiger partial charge in [0.15, 0.2) is 12.4 Å². The number of aromatic nitrogens is 3. The van der Waals surface area contributed by atoms with Crippen molar-refractivity contribution < 1.29 is 19.1 Å². The summed E-state index contributed by atoms with van der Waals surface area (Å²) in [6, 6.07) is 7.42. The highest BCUT2D eigenvalue weighted by Crippen LogP contribution is 2.39. The number of nitrogens with zero attached hydrogens (tertiary/aromatic N) is 3. The maximum absolute atomic E-state index is 13.3. The maximum Gasteiger partial charge on any atom is 0.328 e. The number of benzene rings is 1. The molecular weight excluding hydrogens is 416 g/mol. The molecule has 2 heterocycles. The summed E-state index contributed by atoms with van der Waals surface area (Å²) in [5.41, 5.74) is 3.25. The molecule has 0 spiro atoms. The third-order valence-corrected chi connectivity index (χ3v) is 6.29. The van der Waals surface area contributed by atoms with Gasteiger partial charge in [-0.25, -0.2) is 9.67 Å². The number of amides is 1. The molecule has 0 unspecified atom stereocenters. The molecule has 31 heavy (non-hydrogen) atoms. The van der Waals surface area contributed by atoms with Gasteiger partial charge in [-0.15, -0.1) is 11.3 Å². The Morgan fingerprint density at radius 3 is 2.68 bits per heavy atom. The number of ketones is 1. The van der Waals surface area contributed by atoms with Gasteiger partial charge in [-0.05, 0) is 38.2 Å². The molecule has 0 bridgehead atoms. The number of rotatable bonds is 7. The van der Waals surface area contributed by atoms with E-state index in [0.717, 1.165) is 41.7 Å². The Labute approximate surface area is 183 Å². The van der Waals surface area contributed by atoms with Crippen LogP contribution in [0.4, 0.5) is 5.00 Å². The van der Waals surface area contributed by atoms with Crippen molar-refractivity contribution in [2.24, 2.45) is 0 Å². The highest BCUT2D eigenvalue weighted by Gasteiger charge is 2.27. The summed E-state index contributed by atoms with van der Waals surface area (Å²) in [7, 11) is 0. The molecule has 8 nitrogen and oxygen atoms in total. The van der Waals surface area contributed by atoms with Crippen LogP contribution >= 0.6 is 11.3 Å². The molecule has 0 saturated carbocycles. The van der Waals surface area contributed by atoms with Crippen LogP contribution in [0.15, 0.2) is 36.9 Å². The lowest BCUT2D eigenvalue weighted by atomic mass is 9.91. The standard InChI is InChI=1S/C22H22N4O4S/c1-14-6-8-15(9-7-14)21(29)20-16-4-2-3-5-17(16)31-22(20)25-18(27)11-30-19(28)10-26-13-23-12-24-26/h6-9,12-13H,2-5,10-11H2,1H3,(H,25,27). The molecule has 2 aromatic heterocycles. The van der Waals surface area contributed by atoms with Gasteiger partial charge in [0.05, 0.1) is 5.56 Å². The Kier molecular flexibility index (Phi) is 6.22. The van der Waals surface area contributed by atoms with Gasteiger partial charge in [-0.2, -0.15) is 5.10 Å². The lowest BCUT2D eigenvalue weighted by Crippen LogP contribution is -2.23. The minimum atomic E-state index is -0.595. The van der Waals surface area contributed by atoms with E-state index in [4.69, 9.17) is 4.74 Å². The summed E-state index contributed by atoms with van der Waals surface area (Å²) < 4.78 is 6.34. The van der Waals surface area contributed by atoms with Crippen LogP contribution in [0.1, 0.15) is 44.8 Å². The van der Waals surface area contributed by atoms with Gasteiger partial charge in [0, 0.05) is 10.4 Å². The summed E-state index contributed by atoms with van der Waals surface area (Å²) in [6.45, 7) is 1.41. The van der Waals surface area contributed by atoms with Gasteiger partial charge in [0.1, 0.15) is 24.2 Å². The monoisotopic (exact) mass is 438 g/mol. The molecule has 1 aliphatic carbocycles. The van der Waals surface area contributed by atoms with E-state index in [9.17, 15) is 14.4 Å². The molecule has 1 aromatic carbocycles. The number of carbonyl (C=O) groups excluding carboxylic acids is 3. The van der Waals surface area contributed by atoms with Crippen LogP contribution in [-0.2, 0) is 33.7 Å². The molecule has 1 aliphatic rings. The van der Waals surface area contributed by atoms with E-state index in [1.807, 2.05) is 31.2 Å². The highest BCUT2D eigenvalue weighted by atomic mass is 32.1. The van der Waals surface area contributed by atoms with Gasteiger partial charge in [0.2, 0.25) is 0 Å². The second-order valence-electron chi connectivity index (χ2n) is 7.41. The molecule has 0 saturated heterocycles. The molecule has 4 rings (SSSR count). The quantitative estimate of drug-likeness (QED) is 0.449. The first-order chi connectivity index (χ1) is 15.0. The van der Waals surface area contributed by atoms with E-state index in [0.29, 0.717) is 16.1 Å². The minimum absolute atomic E-state index is 0.0992. The molecule has 1 N–H and O–H groups in total. The first kappa shape index (κ1) is 20.9. The lowest BCUT2D eigenvalue weighted by Gasteiger charge is -2.13. The van der Waals surface area contributed by atoms with Crippen molar-refractivity contribution in [1.82, 2.24) is 14.8 Å². The first-order valence-electron chi connectivity index (χ1n) is 10.0. The fourth-order valence-corrected chi connectivity index (χ4v) is 4.85. The number of anilines is 1. The topological polar surface area (TPSA) is 103 Å². The smallest absolute Gasteiger partial charge is 0.328 e. The minimum Gasteiger partial charge on any atom is -0.454 e. The Bertz CT molecular complexity index is 1100. The van der Waals surface area contributed by atoms with E-state index in [-0.39, 0.29) is 12.3 Å². The van der Waals surface area contributed by atoms with Gasteiger partial charge in [-0.1, -0.05) is 29.8 Å². The number of nitrogens with one attached hydrogen (secondary N) is 1. The van der Waals surface area contributed by atoms with Crippen molar-refractivity contribution >= 4 is 34.0 Å². The van der Waals surface area contributed by atoms with E-state index in [1.165, 1.54) is 28.7 Å². The molecule has 3 aromatic rings. The second kappa shape index (κ2) is 9.22. The van der Waals surface area contributed by atoms with Gasteiger partial charge in [0.25, 0.3) is 5.91 Å². The predicted molar refractivity (Wildman–Crippen MR) is 115 cm³/mol. The summed E-state index contributed by atoms with van der Waals surface area (Å²) in [4.78, 5) is 42.5. The molecule has 0 fully saturated rings. The van der Waals surface area contributed by atoms with Gasteiger partial charge in [-0.3, -0.25) is 14.4 Å². The van der Waals surface area contributed by atoms with Crippen molar-refractivity contribution in [3.8, 4) is 0 Å². The number of thiophene rings is 1. The van der Waals surface area contributed by atoms with Crippen LogP contribution < -0.4 is 5.32 Å². The second-order valence-corrected chi connectivity index (χ2v) is 8.52. The SMILES string of the molecule is Cc1ccc(C(=O)c2c(NC(=O)COC(=O)Cn3cncn3)sc3c2CCCC3)cc1. The zero-order chi connectivity index (χ0) is 21.8. The van der Waals surface area contributed by atoms with E-state index in [2.05, 4.69) is 15.4 Å². The number of aryl methyl sites for hydroxylation is 2. The normalized spacial score (nSPS) is 12.8. The maximum atomic E-state index is 13.3. The van der Waals surface area contributed by atoms with E-state index in [1.54, 1.807) is 0 Å². The highest BCUT2D eigenvalue weighted by molar-refractivity contribution is 7.17. The largest absolute Gasteiger partial charge is 0.454 e. The molecular formula is C22H22N4O4S. The van der Waals surface area contributed by atoms with Crippen molar-refractivity contribution in [2.75, 3.05) is 11.9 Å². The zero-order valence-electron chi connectivity index (χ0n) is 17.1. The van der Waals surface area contributed by atoms with Gasteiger partial charge >= 0.3 is 5.97 Å². The number of carbonyl (C=O) groups is 3. The Hall–Kier alpha value is -3.33. The Morgan fingerprint density at radius 2 is 1.94 bits per heavy atom. The molecule has 0 aliphatic heterocycles. The molecule has 1 amide bonds. The third-order valence-electron chi connectivity index (χ3n) is 5.09. The average Bonchev–Trinajstić information content (AvgIpc) is 3.39. The molecule has 0 radical (unpaired) electrons. The number of ether oxygens (including phenoxy) is 1. The summed E-state index contributed by atoms with van der Waals surface area (Å²) in [6.07, 6.45) is 6.51. The fourth-order valence-electron chi connectivity index (χ4n) is 3.54. The van der Waals surface area contributed by atoms with Crippen molar-refractivity contribution in [3.63, 3.8) is 0 Å². The van der Waals surface area contributed by atoms with Crippen LogP contribution in [0.2, 0.25) is 0 Å². The van der Waals surface area contributed by atoms with Crippen molar-refractivity contribution in [2.45, 2.75) is 39.2 Å². The average molecular weight is 439 g/mol. The molecule has 0 atom stereocenters. The van der Waals surface area contributed by atoms with Crippen LogP contribution in [-0.4, -0.2) is 39.0 Å². The first-order valence-corrected chi connectivity index (χ1v) is 10.9. The van der Waals surface area contributed by atoms with Gasteiger partial charge < -0.3 is 10.1 Å². The van der Waals surface area contributed by atoms with Crippen LogP contribution in [0.3, 0.4) is 0 Å². The van der Waals surface area contributed by atoms with Crippen LogP contribution in [0.25, 0.3) is 0 Å². The van der Waals surface area contributed by atoms with Crippen LogP contribution in [0.5, 0.6) is 0 Å². The Balaban J connectivity index is 1.49. The lowest BCUT2D eigenvalue weighted by molar-refractivity contribution is -0.148. The summed E-state index contributed by atoms with van der Waals surface area (Å²) in [5.74, 6) is -1.18. The molecule has 160 valence electrons. The summed E-state index contributed by atoms with van der Waals surface area (Å²) in [5, 5.41) is 7.14. The van der Waals surface area contributed by atoms with E-state index < -0.39 is 18.5 Å². The fraction of sp³-hybridized carbons (Fsp3) is 0.318. The number of hydrogen-bond acceptors (Lipinski definition) is 7. The number of esters is 1.